The van der Waals surface area contributed by atoms with Crippen LogP contribution in [0.15, 0.2) is 24.4 Å². The predicted molar refractivity (Wildman–Crippen MR) is 95.0 cm³/mol. The van der Waals surface area contributed by atoms with E-state index < -0.39 is 11.6 Å². The van der Waals surface area contributed by atoms with Crippen LogP contribution in [0.2, 0.25) is 0 Å². The van der Waals surface area contributed by atoms with Crippen molar-refractivity contribution in [1.29, 1.82) is 0 Å². The molecule has 2 aromatic heterocycles. The van der Waals surface area contributed by atoms with Gasteiger partial charge < -0.3 is 9.80 Å². The van der Waals surface area contributed by atoms with E-state index in [1.165, 1.54) is 12.1 Å². The Hall–Kier alpha value is -3.10. The summed E-state index contributed by atoms with van der Waals surface area (Å²) in [5.41, 5.74) is 1.01. The summed E-state index contributed by atoms with van der Waals surface area (Å²) in [5, 5.41) is 5.00. The number of rotatable bonds is 3. The molecule has 140 valence electrons. The maximum Gasteiger partial charge on any atom is 0.242 e. The molecule has 7 nitrogen and oxygen atoms in total. The van der Waals surface area contributed by atoms with Crippen molar-refractivity contribution in [3.63, 3.8) is 0 Å². The number of amides is 1. The fraction of sp³-hybridized carbons (Fsp3) is 0.333. The Balaban J connectivity index is 1.55. The Morgan fingerprint density at radius 1 is 1.19 bits per heavy atom. The molecule has 1 aromatic carbocycles. The highest BCUT2D eigenvalue weighted by Gasteiger charge is 2.27. The lowest BCUT2D eigenvalue weighted by Crippen LogP contribution is -2.50. The number of hydrogen-bond acceptors (Lipinski definition) is 5. The lowest BCUT2D eigenvalue weighted by atomic mass is 10.1. The van der Waals surface area contributed by atoms with Crippen LogP contribution in [-0.4, -0.2) is 50.2 Å². The monoisotopic (exact) mass is 372 g/mol. The lowest BCUT2D eigenvalue weighted by molar-refractivity contribution is -0.131. The number of benzene rings is 1. The summed E-state index contributed by atoms with van der Waals surface area (Å²) in [7, 11) is 1.80. The fourth-order valence-corrected chi connectivity index (χ4v) is 3.27. The van der Waals surface area contributed by atoms with Crippen molar-refractivity contribution in [3.8, 4) is 0 Å². The first kappa shape index (κ1) is 17.3. The van der Waals surface area contributed by atoms with Crippen LogP contribution in [0.25, 0.3) is 11.0 Å². The summed E-state index contributed by atoms with van der Waals surface area (Å²) in [6.45, 7) is 3.01. The third kappa shape index (κ3) is 3.20. The van der Waals surface area contributed by atoms with Crippen molar-refractivity contribution >= 4 is 22.8 Å². The average molecular weight is 372 g/mol. The minimum Gasteiger partial charge on any atom is -0.345 e. The molecule has 0 radical (unpaired) electrons. The Bertz CT molecular complexity index is 1030. The second-order valence-electron chi connectivity index (χ2n) is 6.57. The molecular formula is C18H18F2N6O. The first-order valence-corrected chi connectivity index (χ1v) is 8.55. The Labute approximate surface area is 154 Å². The zero-order valence-electron chi connectivity index (χ0n) is 15.0. The predicted octanol–water partition coefficient (Wildman–Crippen LogP) is 1.80. The molecular weight excluding hydrogens is 354 g/mol. The number of halogens is 2. The molecule has 0 bridgehead atoms. The molecule has 4 rings (SSSR count). The summed E-state index contributed by atoms with van der Waals surface area (Å²) in [6.07, 6.45) is 1.69. The summed E-state index contributed by atoms with van der Waals surface area (Å²) >= 11 is 0. The van der Waals surface area contributed by atoms with E-state index in [0.29, 0.717) is 35.9 Å². The fourth-order valence-electron chi connectivity index (χ4n) is 3.27. The molecule has 0 aliphatic carbocycles. The van der Waals surface area contributed by atoms with Crippen LogP contribution in [0.3, 0.4) is 0 Å². The number of nitrogens with zero attached hydrogens (tertiary/aromatic N) is 6. The standard InChI is InChI=1S/C18H18F2N6O/c1-11-22-17-14(8-21-24(17)2)18(23-11)26-6-5-25(16(27)10-26)9-12-3-4-13(19)7-15(12)20/h3-4,7-8H,5-6,9-10H2,1-2H3. The van der Waals surface area contributed by atoms with Gasteiger partial charge in [0.05, 0.1) is 18.1 Å². The van der Waals surface area contributed by atoms with Crippen LogP contribution in [0.1, 0.15) is 11.4 Å². The topological polar surface area (TPSA) is 67.2 Å². The van der Waals surface area contributed by atoms with Gasteiger partial charge in [0, 0.05) is 38.3 Å². The van der Waals surface area contributed by atoms with Gasteiger partial charge in [0.15, 0.2) is 5.65 Å². The maximum atomic E-state index is 13.9. The van der Waals surface area contributed by atoms with E-state index in [-0.39, 0.29) is 19.0 Å². The minimum absolute atomic E-state index is 0.115. The third-order valence-corrected chi connectivity index (χ3v) is 4.68. The van der Waals surface area contributed by atoms with Gasteiger partial charge in [-0.1, -0.05) is 6.07 Å². The van der Waals surface area contributed by atoms with Crippen molar-refractivity contribution in [1.82, 2.24) is 24.6 Å². The van der Waals surface area contributed by atoms with Crippen LogP contribution < -0.4 is 4.90 Å². The zero-order valence-corrected chi connectivity index (χ0v) is 15.0. The van der Waals surface area contributed by atoms with E-state index >= 15 is 0 Å². The van der Waals surface area contributed by atoms with Crippen LogP contribution in [-0.2, 0) is 18.4 Å². The van der Waals surface area contributed by atoms with Gasteiger partial charge in [0.1, 0.15) is 23.3 Å². The molecule has 3 heterocycles. The maximum absolute atomic E-state index is 13.9. The van der Waals surface area contributed by atoms with E-state index in [0.717, 1.165) is 11.5 Å². The van der Waals surface area contributed by atoms with E-state index in [4.69, 9.17) is 0 Å². The molecule has 0 atom stereocenters. The SMILES string of the molecule is Cc1nc(N2CCN(Cc3ccc(F)cc3F)C(=O)C2)c2cnn(C)c2n1. The van der Waals surface area contributed by atoms with Gasteiger partial charge in [0.25, 0.3) is 0 Å². The van der Waals surface area contributed by atoms with Crippen LogP contribution >= 0.6 is 0 Å². The molecule has 3 aromatic rings. The van der Waals surface area contributed by atoms with E-state index in [2.05, 4.69) is 15.1 Å². The molecule has 0 N–H and O–H groups in total. The first-order valence-electron chi connectivity index (χ1n) is 8.55. The number of aryl methyl sites for hydroxylation is 2. The molecule has 1 aliphatic rings. The van der Waals surface area contributed by atoms with Gasteiger partial charge in [0.2, 0.25) is 5.91 Å². The lowest BCUT2D eigenvalue weighted by Gasteiger charge is -2.35. The van der Waals surface area contributed by atoms with Crippen LogP contribution in [0.5, 0.6) is 0 Å². The number of fused-ring (bicyclic) bond motifs is 1. The molecule has 0 unspecified atom stereocenters. The molecule has 1 amide bonds. The smallest absolute Gasteiger partial charge is 0.242 e. The molecule has 1 fully saturated rings. The molecule has 0 spiro atoms. The van der Waals surface area contributed by atoms with Crippen molar-refractivity contribution in [2.75, 3.05) is 24.5 Å². The number of aromatic nitrogens is 4. The Morgan fingerprint density at radius 3 is 2.74 bits per heavy atom. The quantitative estimate of drug-likeness (QED) is 0.701. The highest BCUT2D eigenvalue weighted by atomic mass is 19.1. The Kier molecular flexibility index (Phi) is 4.21. The summed E-state index contributed by atoms with van der Waals surface area (Å²) in [4.78, 5) is 25.0. The van der Waals surface area contributed by atoms with Crippen molar-refractivity contribution < 1.29 is 13.6 Å². The Morgan fingerprint density at radius 2 is 2.00 bits per heavy atom. The highest BCUT2D eigenvalue weighted by Crippen LogP contribution is 2.25. The molecule has 0 saturated carbocycles. The number of hydrogen-bond donors (Lipinski definition) is 0. The molecule has 1 aliphatic heterocycles. The van der Waals surface area contributed by atoms with Gasteiger partial charge in [-0.05, 0) is 13.0 Å². The largest absolute Gasteiger partial charge is 0.345 e. The van der Waals surface area contributed by atoms with Gasteiger partial charge in [-0.25, -0.2) is 18.7 Å². The number of carbonyl (C=O) groups excluding carboxylic acids is 1. The third-order valence-electron chi connectivity index (χ3n) is 4.68. The van der Waals surface area contributed by atoms with E-state index in [9.17, 15) is 13.6 Å². The van der Waals surface area contributed by atoms with Gasteiger partial charge >= 0.3 is 0 Å². The van der Waals surface area contributed by atoms with Crippen LogP contribution in [0.4, 0.5) is 14.6 Å². The second-order valence-corrected chi connectivity index (χ2v) is 6.57. The van der Waals surface area contributed by atoms with Gasteiger partial charge in [-0.15, -0.1) is 0 Å². The average Bonchev–Trinajstić information content (AvgIpc) is 2.99. The molecule has 9 heteroatoms. The molecule has 27 heavy (non-hydrogen) atoms. The summed E-state index contributed by atoms with van der Waals surface area (Å²) in [5.74, 6) is -0.144. The normalized spacial score (nSPS) is 15.0. The summed E-state index contributed by atoms with van der Waals surface area (Å²) < 4.78 is 28.6. The zero-order chi connectivity index (χ0) is 19.1. The van der Waals surface area contributed by atoms with Gasteiger partial charge in [-0.2, -0.15) is 5.10 Å². The highest BCUT2D eigenvalue weighted by molar-refractivity contribution is 5.90. The number of carbonyl (C=O) groups is 1. The molecule has 1 saturated heterocycles. The van der Waals surface area contributed by atoms with Crippen LogP contribution in [0, 0.1) is 18.6 Å². The van der Waals surface area contributed by atoms with Crippen molar-refractivity contribution in [3.05, 3.63) is 47.4 Å². The van der Waals surface area contributed by atoms with Crippen molar-refractivity contribution in [2.24, 2.45) is 7.05 Å². The second kappa shape index (κ2) is 6.57. The first-order chi connectivity index (χ1) is 12.9. The van der Waals surface area contributed by atoms with Gasteiger partial charge in [-0.3, -0.25) is 9.48 Å². The minimum atomic E-state index is -0.645. The van der Waals surface area contributed by atoms with E-state index in [1.807, 2.05) is 4.90 Å². The number of piperazine rings is 1. The van der Waals surface area contributed by atoms with Crippen molar-refractivity contribution in [2.45, 2.75) is 13.5 Å². The number of anilines is 1. The summed E-state index contributed by atoms with van der Waals surface area (Å²) in [6, 6.07) is 3.40. The van der Waals surface area contributed by atoms with E-state index in [1.54, 1.807) is 29.7 Å².